The average molecular weight is 280 g/mol. The molecule has 1 aliphatic heterocycles. The minimum atomic E-state index is 0.606. The van der Waals surface area contributed by atoms with Gasteiger partial charge in [0.25, 0.3) is 0 Å². The van der Waals surface area contributed by atoms with E-state index in [1.54, 1.807) is 0 Å². The Bertz CT molecular complexity index is 559. The van der Waals surface area contributed by atoms with Crippen molar-refractivity contribution in [1.82, 2.24) is 5.32 Å². The molecule has 0 aliphatic carbocycles. The van der Waals surface area contributed by atoms with E-state index in [0.29, 0.717) is 5.92 Å². The zero-order valence-corrected chi connectivity index (χ0v) is 13.0. The van der Waals surface area contributed by atoms with Crippen LogP contribution in [0, 0.1) is 5.92 Å². The maximum absolute atomic E-state index is 3.29. The molecule has 0 fully saturated rings. The number of para-hydroxylation sites is 2. The number of nitrogens with one attached hydrogen (secondary N) is 1. The molecule has 2 heteroatoms. The Kier molecular flexibility index (Phi) is 4.26. The Morgan fingerprint density at radius 3 is 2.00 bits per heavy atom. The lowest BCUT2D eigenvalue weighted by Gasteiger charge is -2.29. The van der Waals surface area contributed by atoms with Gasteiger partial charge in [-0.3, -0.25) is 0 Å². The summed E-state index contributed by atoms with van der Waals surface area (Å²) in [5.41, 5.74) is 5.69. The predicted molar refractivity (Wildman–Crippen MR) is 90.4 cm³/mol. The largest absolute Gasteiger partial charge is 0.341 e. The summed E-state index contributed by atoms with van der Waals surface area (Å²) in [4.78, 5) is 2.51. The summed E-state index contributed by atoms with van der Waals surface area (Å²) in [6, 6.07) is 17.7. The van der Waals surface area contributed by atoms with Gasteiger partial charge in [-0.1, -0.05) is 43.3 Å². The van der Waals surface area contributed by atoms with E-state index < -0.39 is 0 Å². The molecule has 21 heavy (non-hydrogen) atoms. The lowest BCUT2D eigenvalue weighted by atomic mass is 10.0. The third-order valence-electron chi connectivity index (χ3n) is 4.28. The van der Waals surface area contributed by atoms with E-state index in [1.807, 2.05) is 7.05 Å². The van der Waals surface area contributed by atoms with Gasteiger partial charge in [0.15, 0.2) is 0 Å². The van der Waals surface area contributed by atoms with Crippen LogP contribution in [-0.4, -0.2) is 20.1 Å². The second-order valence-corrected chi connectivity index (χ2v) is 6.03. The number of hydrogen-bond donors (Lipinski definition) is 1. The molecule has 0 radical (unpaired) electrons. The van der Waals surface area contributed by atoms with Crippen molar-refractivity contribution >= 4 is 11.4 Å². The highest BCUT2D eigenvalue weighted by atomic mass is 15.1. The smallest absolute Gasteiger partial charge is 0.0443 e. The molecule has 0 amide bonds. The van der Waals surface area contributed by atoms with Gasteiger partial charge in [0.05, 0.1) is 0 Å². The molecule has 1 N–H and O–H groups in total. The van der Waals surface area contributed by atoms with E-state index in [1.165, 1.54) is 22.5 Å². The topological polar surface area (TPSA) is 15.3 Å². The number of anilines is 2. The fourth-order valence-electron chi connectivity index (χ4n) is 3.29. The number of hydrogen-bond acceptors (Lipinski definition) is 2. The zero-order valence-electron chi connectivity index (χ0n) is 13.0. The van der Waals surface area contributed by atoms with Crippen molar-refractivity contribution in [1.29, 1.82) is 0 Å². The molecule has 2 nitrogen and oxygen atoms in total. The first-order valence-electron chi connectivity index (χ1n) is 7.87. The summed E-state index contributed by atoms with van der Waals surface area (Å²) in [7, 11) is 2.03. The van der Waals surface area contributed by atoms with Gasteiger partial charge in [-0.05, 0) is 55.6 Å². The van der Waals surface area contributed by atoms with Crippen molar-refractivity contribution in [3.63, 3.8) is 0 Å². The maximum atomic E-state index is 3.29. The van der Waals surface area contributed by atoms with Crippen molar-refractivity contribution in [2.45, 2.75) is 19.8 Å². The van der Waals surface area contributed by atoms with Crippen molar-refractivity contribution in [3.05, 3.63) is 59.7 Å². The third kappa shape index (κ3) is 2.96. The monoisotopic (exact) mass is 280 g/mol. The van der Waals surface area contributed by atoms with E-state index in [0.717, 1.165) is 25.9 Å². The van der Waals surface area contributed by atoms with Crippen LogP contribution < -0.4 is 10.2 Å². The van der Waals surface area contributed by atoms with Gasteiger partial charge in [0.2, 0.25) is 0 Å². The highest BCUT2D eigenvalue weighted by Gasteiger charge is 2.21. The van der Waals surface area contributed by atoms with E-state index in [9.17, 15) is 0 Å². The molecule has 0 spiro atoms. The lowest BCUT2D eigenvalue weighted by molar-refractivity contribution is 0.549. The van der Waals surface area contributed by atoms with Crippen LogP contribution in [0.25, 0.3) is 0 Å². The van der Waals surface area contributed by atoms with Gasteiger partial charge in [-0.2, -0.15) is 0 Å². The first kappa shape index (κ1) is 14.2. The molecule has 110 valence electrons. The quantitative estimate of drug-likeness (QED) is 0.917. The lowest BCUT2D eigenvalue weighted by Crippen LogP contribution is -2.29. The number of nitrogens with zero attached hydrogens (tertiary/aromatic N) is 1. The Morgan fingerprint density at radius 1 is 0.952 bits per heavy atom. The van der Waals surface area contributed by atoms with Gasteiger partial charge in [0, 0.05) is 17.9 Å². The predicted octanol–water partition coefficient (Wildman–Crippen LogP) is 3.78. The van der Waals surface area contributed by atoms with Crippen molar-refractivity contribution in [2.75, 3.05) is 25.0 Å². The van der Waals surface area contributed by atoms with E-state index >= 15 is 0 Å². The van der Waals surface area contributed by atoms with Crippen LogP contribution in [0.1, 0.15) is 18.1 Å². The summed E-state index contributed by atoms with van der Waals surface area (Å²) >= 11 is 0. The molecule has 2 aromatic carbocycles. The number of rotatable bonds is 4. The van der Waals surface area contributed by atoms with Gasteiger partial charge < -0.3 is 10.2 Å². The first-order chi connectivity index (χ1) is 10.3. The van der Waals surface area contributed by atoms with Crippen LogP contribution in [0.3, 0.4) is 0 Å². The molecular formula is C19H24N2. The molecule has 0 bridgehead atoms. The molecular weight excluding hydrogens is 256 g/mol. The molecule has 3 rings (SSSR count). The summed E-state index contributed by atoms with van der Waals surface area (Å²) in [5.74, 6) is 0.606. The summed E-state index contributed by atoms with van der Waals surface area (Å²) in [6.07, 6.45) is 2.26. The SMILES string of the molecule is CNCC(C)CN1c2ccccc2CCc2ccccc21. The summed E-state index contributed by atoms with van der Waals surface area (Å²) < 4.78 is 0. The second-order valence-electron chi connectivity index (χ2n) is 6.03. The summed E-state index contributed by atoms with van der Waals surface area (Å²) in [6.45, 7) is 4.41. The Labute approximate surface area is 127 Å². The standard InChI is InChI=1S/C19H24N2/c1-15(13-20-2)14-21-18-9-5-3-7-16(18)11-12-17-8-4-6-10-19(17)21/h3-10,15,20H,11-14H2,1-2H3. The molecule has 1 heterocycles. The van der Waals surface area contributed by atoms with Crippen molar-refractivity contribution in [2.24, 2.45) is 5.92 Å². The van der Waals surface area contributed by atoms with Crippen LogP contribution in [0.4, 0.5) is 11.4 Å². The molecule has 1 atom stereocenters. The second kappa shape index (κ2) is 6.31. The number of benzene rings is 2. The van der Waals surface area contributed by atoms with Crippen LogP contribution in [0.5, 0.6) is 0 Å². The van der Waals surface area contributed by atoms with Crippen molar-refractivity contribution < 1.29 is 0 Å². The van der Waals surface area contributed by atoms with Crippen molar-refractivity contribution in [3.8, 4) is 0 Å². The Hall–Kier alpha value is -1.80. The zero-order chi connectivity index (χ0) is 14.7. The molecule has 2 aromatic rings. The van der Waals surface area contributed by atoms with E-state index in [2.05, 4.69) is 65.7 Å². The minimum absolute atomic E-state index is 0.606. The highest BCUT2D eigenvalue weighted by Crippen LogP contribution is 2.36. The first-order valence-corrected chi connectivity index (χ1v) is 7.87. The Morgan fingerprint density at radius 2 is 1.48 bits per heavy atom. The van der Waals surface area contributed by atoms with Gasteiger partial charge >= 0.3 is 0 Å². The molecule has 0 saturated carbocycles. The average Bonchev–Trinajstić information content (AvgIpc) is 2.66. The Balaban J connectivity index is 2.02. The maximum Gasteiger partial charge on any atom is 0.0443 e. The third-order valence-corrected chi connectivity index (χ3v) is 4.28. The van der Waals surface area contributed by atoms with E-state index in [-0.39, 0.29) is 0 Å². The van der Waals surface area contributed by atoms with Crippen LogP contribution in [0.2, 0.25) is 0 Å². The minimum Gasteiger partial charge on any atom is -0.341 e. The number of aryl methyl sites for hydroxylation is 2. The van der Waals surface area contributed by atoms with Gasteiger partial charge in [0.1, 0.15) is 0 Å². The fraction of sp³-hybridized carbons (Fsp3) is 0.368. The molecule has 0 aromatic heterocycles. The molecule has 1 unspecified atom stereocenters. The molecule has 1 aliphatic rings. The molecule has 0 saturated heterocycles. The van der Waals surface area contributed by atoms with Gasteiger partial charge in [-0.15, -0.1) is 0 Å². The van der Waals surface area contributed by atoms with Crippen LogP contribution in [-0.2, 0) is 12.8 Å². The van der Waals surface area contributed by atoms with E-state index in [4.69, 9.17) is 0 Å². The van der Waals surface area contributed by atoms with Crippen LogP contribution >= 0.6 is 0 Å². The summed E-state index contributed by atoms with van der Waals surface area (Å²) in [5, 5.41) is 3.29. The number of fused-ring (bicyclic) bond motifs is 2. The fourth-order valence-corrected chi connectivity index (χ4v) is 3.29. The van der Waals surface area contributed by atoms with Gasteiger partial charge in [-0.25, -0.2) is 0 Å². The highest BCUT2D eigenvalue weighted by molar-refractivity contribution is 5.71. The normalized spacial score (nSPS) is 15.0. The van der Waals surface area contributed by atoms with Crippen LogP contribution in [0.15, 0.2) is 48.5 Å².